The number of carbonyl (C=O) groups is 1. The van der Waals surface area contributed by atoms with Crippen LogP contribution in [0.5, 0.6) is 11.5 Å². The number of para-hydroxylation sites is 1. The van der Waals surface area contributed by atoms with Gasteiger partial charge in [-0.1, -0.05) is 51.1 Å². The largest absolute Gasteiger partial charge is 0.457 e. The highest BCUT2D eigenvalue weighted by Gasteiger charge is 2.20. The molecule has 0 spiro atoms. The fourth-order valence-corrected chi connectivity index (χ4v) is 2.15. The topological polar surface area (TPSA) is 38.3 Å². The first-order valence-electron chi connectivity index (χ1n) is 8.05. The van der Waals surface area contributed by atoms with Gasteiger partial charge in [0.2, 0.25) is 5.91 Å². The van der Waals surface area contributed by atoms with Gasteiger partial charge in [0.05, 0.1) is 0 Å². The summed E-state index contributed by atoms with van der Waals surface area (Å²) in [6, 6.07) is 17.9. The number of nitrogens with one attached hydrogen (secondary N) is 1. The van der Waals surface area contributed by atoms with Crippen molar-refractivity contribution in [1.29, 1.82) is 0 Å². The van der Waals surface area contributed by atoms with Crippen LogP contribution in [0.3, 0.4) is 0 Å². The van der Waals surface area contributed by atoms with Crippen LogP contribution < -0.4 is 10.1 Å². The van der Waals surface area contributed by atoms with E-state index in [0.29, 0.717) is 6.54 Å². The highest BCUT2D eigenvalue weighted by atomic mass is 16.5. The minimum atomic E-state index is -0.330. The smallest absolute Gasteiger partial charge is 0.225 e. The van der Waals surface area contributed by atoms with Gasteiger partial charge in [0.25, 0.3) is 0 Å². The van der Waals surface area contributed by atoms with E-state index in [2.05, 4.69) is 17.4 Å². The summed E-state index contributed by atoms with van der Waals surface area (Å²) in [5.74, 6) is 1.77. The van der Waals surface area contributed by atoms with Crippen LogP contribution in [0.15, 0.2) is 54.6 Å². The molecule has 1 amide bonds. The predicted octanol–water partition coefficient (Wildman–Crippen LogP) is 4.57. The third-order valence-electron chi connectivity index (χ3n) is 3.49. The molecule has 0 fully saturated rings. The molecule has 0 unspecified atom stereocenters. The first kappa shape index (κ1) is 17.1. The summed E-state index contributed by atoms with van der Waals surface area (Å²) in [7, 11) is 0. The Balaban J connectivity index is 1.82. The van der Waals surface area contributed by atoms with Gasteiger partial charge in [0.1, 0.15) is 11.5 Å². The van der Waals surface area contributed by atoms with Gasteiger partial charge in [-0.3, -0.25) is 4.79 Å². The lowest BCUT2D eigenvalue weighted by Gasteiger charge is -2.17. The van der Waals surface area contributed by atoms with Gasteiger partial charge in [-0.25, -0.2) is 0 Å². The Morgan fingerprint density at radius 2 is 1.70 bits per heavy atom. The molecule has 0 aliphatic rings. The molecule has 0 heterocycles. The maximum atomic E-state index is 11.8. The molecule has 0 radical (unpaired) electrons. The number of ether oxygens (including phenoxy) is 1. The van der Waals surface area contributed by atoms with Crippen molar-refractivity contribution in [2.45, 2.75) is 33.6 Å². The van der Waals surface area contributed by atoms with Gasteiger partial charge >= 0.3 is 0 Å². The van der Waals surface area contributed by atoms with Crippen molar-refractivity contribution in [3.05, 3.63) is 60.2 Å². The number of amides is 1. The molecule has 122 valence electrons. The second kappa shape index (κ2) is 7.82. The van der Waals surface area contributed by atoms with Gasteiger partial charge in [0.15, 0.2) is 0 Å². The number of aryl methyl sites for hydroxylation is 1. The highest BCUT2D eigenvalue weighted by molar-refractivity contribution is 5.81. The molecule has 3 heteroatoms. The molecule has 2 rings (SSSR count). The summed E-state index contributed by atoms with van der Waals surface area (Å²) >= 11 is 0. The summed E-state index contributed by atoms with van der Waals surface area (Å²) in [5.41, 5.74) is 0.882. The van der Waals surface area contributed by atoms with Crippen molar-refractivity contribution < 1.29 is 9.53 Å². The average Bonchev–Trinajstić information content (AvgIpc) is 2.52. The number of carbonyl (C=O) groups excluding carboxylic acids is 1. The van der Waals surface area contributed by atoms with E-state index in [1.807, 2.05) is 63.2 Å². The summed E-state index contributed by atoms with van der Waals surface area (Å²) in [5, 5.41) is 2.98. The van der Waals surface area contributed by atoms with E-state index < -0.39 is 0 Å². The molecule has 0 saturated carbocycles. The summed E-state index contributed by atoms with van der Waals surface area (Å²) in [4.78, 5) is 11.8. The molecule has 3 nitrogen and oxygen atoms in total. The molecule has 1 N–H and O–H groups in total. The zero-order valence-corrected chi connectivity index (χ0v) is 14.1. The quantitative estimate of drug-likeness (QED) is 0.793. The van der Waals surface area contributed by atoms with Crippen LogP contribution in [0.1, 0.15) is 32.8 Å². The zero-order valence-electron chi connectivity index (χ0n) is 14.1. The Labute approximate surface area is 138 Å². The minimum Gasteiger partial charge on any atom is -0.457 e. The van der Waals surface area contributed by atoms with Gasteiger partial charge in [-0.05, 0) is 42.7 Å². The van der Waals surface area contributed by atoms with Crippen LogP contribution in [-0.2, 0) is 11.2 Å². The third-order valence-corrected chi connectivity index (χ3v) is 3.49. The Bertz CT molecular complexity index is 630. The second-order valence-corrected chi connectivity index (χ2v) is 6.67. The summed E-state index contributed by atoms with van der Waals surface area (Å²) in [6.45, 7) is 6.46. The molecule has 23 heavy (non-hydrogen) atoms. The van der Waals surface area contributed by atoms with Crippen LogP contribution in [0.25, 0.3) is 0 Å². The van der Waals surface area contributed by atoms with Gasteiger partial charge in [-0.15, -0.1) is 0 Å². The van der Waals surface area contributed by atoms with Crippen molar-refractivity contribution in [2.75, 3.05) is 6.54 Å². The number of rotatable bonds is 6. The minimum absolute atomic E-state index is 0.0960. The first-order chi connectivity index (χ1) is 10.9. The van der Waals surface area contributed by atoms with Crippen molar-refractivity contribution in [3.8, 4) is 11.5 Å². The lowest BCUT2D eigenvalue weighted by Crippen LogP contribution is -2.35. The van der Waals surface area contributed by atoms with Crippen molar-refractivity contribution in [1.82, 2.24) is 5.32 Å². The monoisotopic (exact) mass is 311 g/mol. The molecular formula is C20H25NO2. The van der Waals surface area contributed by atoms with Gasteiger partial charge in [-0.2, -0.15) is 0 Å². The predicted molar refractivity (Wildman–Crippen MR) is 93.7 cm³/mol. The normalized spacial score (nSPS) is 11.1. The third kappa shape index (κ3) is 5.78. The van der Waals surface area contributed by atoms with Crippen LogP contribution in [0, 0.1) is 5.41 Å². The zero-order chi connectivity index (χ0) is 16.7. The van der Waals surface area contributed by atoms with E-state index in [0.717, 1.165) is 24.3 Å². The molecule has 0 saturated heterocycles. The lowest BCUT2D eigenvalue weighted by molar-refractivity contribution is -0.128. The van der Waals surface area contributed by atoms with Crippen LogP contribution >= 0.6 is 0 Å². The Kier molecular flexibility index (Phi) is 5.80. The van der Waals surface area contributed by atoms with Crippen LogP contribution in [0.4, 0.5) is 0 Å². The molecule has 0 atom stereocenters. The van der Waals surface area contributed by atoms with E-state index in [4.69, 9.17) is 4.74 Å². The molecule has 0 aromatic heterocycles. The van der Waals surface area contributed by atoms with E-state index in [-0.39, 0.29) is 11.3 Å². The molecular weight excluding hydrogens is 286 g/mol. The number of benzene rings is 2. The van der Waals surface area contributed by atoms with E-state index in [1.165, 1.54) is 5.56 Å². The Morgan fingerprint density at radius 1 is 1.00 bits per heavy atom. The maximum Gasteiger partial charge on any atom is 0.225 e. The van der Waals surface area contributed by atoms with Gasteiger partial charge in [0, 0.05) is 12.0 Å². The van der Waals surface area contributed by atoms with Gasteiger partial charge < -0.3 is 10.1 Å². The fourth-order valence-electron chi connectivity index (χ4n) is 2.15. The fraction of sp³-hybridized carbons (Fsp3) is 0.350. The maximum absolute atomic E-state index is 11.8. The summed E-state index contributed by atoms with van der Waals surface area (Å²) in [6.07, 6.45) is 1.83. The average molecular weight is 311 g/mol. The lowest BCUT2D eigenvalue weighted by atomic mass is 9.95. The van der Waals surface area contributed by atoms with Crippen molar-refractivity contribution in [3.63, 3.8) is 0 Å². The highest BCUT2D eigenvalue weighted by Crippen LogP contribution is 2.22. The SMILES string of the molecule is CC(C)(C)C(=O)NCCCc1cccc(Oc2ccccc2)c1. The molecule has 0 aliphatic heterocycles. The van der Waals surface area contributed by atoms with E-state index in [9.17, 15) is 4.79 Å². The van der Waals surface area contributed by atoms with Crippen LogP contribution in [-0.4, -0.2) is 12.5 Å². The summed E-state index contributed by atoms with van der Waals surface area (Å²) < 4.78 is 5.84. The van der Waals surface area contributed by atoms with E-state index >= 15 is 0 Å². The van der Waals surface area contributed by atoms with Crippen molar-refractivity contribution >= 4 is 5.91 Å². The van der Waals surface area contributed by atoms with E-state index in [1.54, 1.807) is 0 Å². The second-order valence-electron chi connectivity index (χ2n) is 6.67. The van der Waals surface area contributed by atoms with Crippen molar-refractivity contribution in [2.24, 2.45) is 5.41 Å². The number of hydrogen-bond donors (Lipinski definition) is 1. The first-order valence-corrected chi connectivity index (χ1v) is 8.05. The molecule has 0 aliphatic carbocycles. The molecule has 0 bridgehead atoms. The molecule has 2 aromatic carbocycles. The standard InChI is InChI=1S/C20H25NO2/c1-20(2,3)19(22)21-14-8-10-16-9-7-13-18(15-16)23-17-11-5-4-6-12-17/h4-7,9,11-13,15H,8,10,14H2,1-3H3,(H,21,22). The Hall–Kier alpha value is -2.29. The van der Waals surface area contributed by atoms with Crippen LogP contribution in [0.2, 0.25) is 0 Å². The Morgan fingerprint density at radius 3 is 2.39 bits per heavy atom. The molecule has 2 aromatic rings. The number of hydrogen-bond acceptors (Lipinski definition) is 2.